The number of hydrogen-bond acceptors (Lipinski definition) is 3. The van der Waals surface area contributed by atoms with Gasteiger partial charge in [-0.1, -0.05) is 36.7 Å². The number of halogens is 2. The third-order valence-electron chi connectivity index (χ3n) is 3.06. The van der Waals surface area contributed by atoms with Gasteiger partial charge in [-0.05, 0) is 36.2 Å². The number of ether oxygens (including phenoxy) is 1. The van der Waals surface area contributed by atoms with Crippen molar-refractivity contribution in [2.45, 2.75) is 13.3 Å². The first-order valence-corrected chi connectivity index (χ1v) is 7.45. The number of aryl methyl sites for hydroxylation is 1. The van der Waals surface area contributed by atoms with Gasteiger partial charge in [0.15, 0.2) is 6.61 Å². The van der Waals surface area contributed by atoms with E-state index in [1.54, 1.807) is 6.07 Å². The minimum absolute atomic E-state index is 0.117. The first kappa shape index (κ1) is 17.0. The second kappa shape index (κ2) is 8.29. The molecule has 6 heteroatoms. The van der Waals surface area contributed by atoms with E-state index in [4.69, 9.17) is 16.3 Å². The zero-order valence-corrected chi connectivity index (χ0v) is 13.3. The van der Waals surface area contributed by atoms with E-state index in [0.717, 1.165) is 18.2 Å². The molecule has 0 heterocycles. The highest BCUT2D eigenvalue weighted by atomic mass is 35.5. The molecule has 0 aliphatic carbocycles. The molecule has 4 nitrogen and oxygen atoms in total. The van der Waals surface area contributed by atoms with Gasteiger partial charge in [0.25, 0.3) is 5.91 Å². The summed E-state index contributed by atoms with van der Waals surface area (Å²) in [7, 11) is 0. The van der Waals surface area contributed by atoms with Crippen LogP contribution in [0.5, 0.6) is 5.75 Å². The molecule has 0 aliphatic rings. The van der Waals surface area contributed by atoms with Gasteiger partial charge < -0.3 is 4.74 Å². The van der Waals surface area contributed by atoms with Crippen LogP contribution >= 0.6 is 11.6 Å². The molecule has 2 aromatic rings. The molecule has 0 saturated heterocycles. The lowest BCUT2D eigenvalue weighted by Gasteiger charge is -2.06. The first-order valence-electron chi connectivity index (χ1n) is 7.07. The number of nitrogens with zero attached hydrogens (tertiary/aromatic N) is 1. The fourth-order valence-electron chi connectivity index (χ4n) is 1.84. The molecule has 0 fully saturated rings. The summed E-state index contributed by atoms with van der Waals surface area (Å²) in [5.74, 6) is -0.348. The summed E-state index contributed by atoms with van der Waals surface area (Å²) in [5.41, 5.74) is 3.50. The van der Waals surface area contributed by atoms with Crippen LogP contribution in [0.25, 0.3) is 0 Å². The lowest BCUT2D eigenvalue weighted by Crippen LogP contribution is -2.24. The molecular formula is C17H16ClFN2O2. The number of nitrogens with one attached hydrogen (secondary N) is 1. The predicted octanol–water partition coefficient (Wildman–Crippen LogP) is 3.57. The topological polar surface area (TPSA) is 50.7 Å². The second-order valence-electron chi connectivity index (χ2n) is 4.72. The maximum atomic E-state index is 13.5. The van der Waals surface area contributed by atoms with Crippen molar-refractivity contribution >= 4 is 23.7 Å². The van der Waals surface area contributed by atoms with Crippen LogP contribution in [0.3, 0.4) is 0 Å². The molecule has 1 amide bonds. The van der Waals surface area contributed by atoms with Crippen molar-refractivity contribution in [3.8, 4) is 5.75 Å². The average Bonchev–Trinajstić information content (AvgIpc) is 2.56. The van der Waals surface area contributed by atoms with Crippen LogP contribution in [0.4, 0.5) is 4.39 Å². The third kappa shape index (κ3) is 5.07. The fourth-order valence-corrected chi connectivity index (χ4v) is 2.05. The fraction of sp³-hybridized carbons (Fsp3) is 0.176. The Morgan fingerprint density at radius 1 is 1.35 bits per heavy atom. The Balaban J connectivity index is 1.86. The number of amides is 1. The quantitative estimate of drug-likeness (QED) is 0.648. The molecule has 0 aromatic heterocycles. The van der Waals surface area contributed by atoms with Gasteiger partial charge in [-0.15, -0.1) is 0 Å². The van der Waals surface area contributed by atoms with E-state index < -0.39 is 11.7 Å². The number of hydrazone groups is 1. The minimum Gasteiger partial charge on any atom is -0.484 e. The standard InChI is InChI=1S/C17H16ClFN2O2/c1-2-12-5-3-6-13(9-12)23-11-17(22)21-20-10-14-15(18)7-4-8-16(14)19/h3-10H,2,11H2,1H3,(H,21,22)/b20-10+. The SMILES string of the molecule is CCc1cccc(OCC(=O)N/N=C/c2c(F)cccc2Cl)c1. The third-order valence-corrected chi connectivity index (χ3v) is 3.39. The van der Waals surface area contributed by atoms with Crippen molar-refractivity contribution in [3.63, 3.8) is 0 Å². The maximum Gasteiger partial charge on any atom is 0.277 e. The van der Waals surface area contributed by atoms with Crippen molar-refractivity contribution in [2.75, 3.05) is 6.61 Å². The van der Waals surface area contributed by atoms with Gasteiger partial charge >= 0.3 is 0 Å². The van der Waals surface area contributed by atoms with Gasteiger partial charge in [0, 0.05) is 5.56 Å². The maximum absolute atomic E-state index is 13.5. The summed E-state index contributed by atoms with van der Waals surface area (Å²) in [6, 6.07) is 11.8. The van der Waals surface area contributed by atoms with Gasteiger partial charge in [-0.3, -0.25) is 4.79 Å². The van der Waals surface area contributed by atoms with Crippen LogP contribution in [-0.2, 0) is 11.2 Å². The molecular weight excluding hydrogens is 319 g/mol. The Kier molecular flexibility index (Phi) is 6.11. The Morgan fingerprint density at radius 2 is 2.13 bits per heavy atom. The molecule has 120 valence electrons. The van der Waals surface area contributed by atoms with Crippen LogP contribution in [0.2, 0.25) is 5.02 Å². The van der Waals surface area contributed by atoms with Crippen LogP contribution in [0, 0.1) is 5.82 Å². The van der Waals surface area contributed by atoms with Gasteiger partial charge in [-0.25, -0.2) is 9.82 Å². The molecule has 0 bridgehead atoms. The van der Waals surface area contributed by atoms with E-state index in [1.165, 1.54) is 18.2 Å². The Bertz CT molecular complexity index is 699. The largest absolute Gasteiger partial charge is 0.484 e. The van der Waals surface area contributed by atoms with E-state index in [-0.39, 0.29) is 17.2 Å². The van der Waals surface area contributed by atoms with E-state index in [2.05, 4.69) is 10.5 Å². The zero-order chi connectivity index (χ0) is 16.7. The second-order valence-corrected chi connectivity index (χ2v) is 5.13. The van der Waals surface area contributed by atoms with Crippen LogP contribution < -0.4 is 10.2 Å². The molecule has 0 saturated carbocycles. The summed E-state index contributed by atoms with van der Waals surface area (Å²) in [4.78, 5) is 11.7. The van der Waals surface area contributed by atoms with Crippen molar-refractivity contribution in [1.82, 2.24) is 5.43 Å². The zero-order valence-electron chi connectivity index (χ0n) is 12.6. The van der Waals surface area contributed by atoms with Crippen LogP contribution in [0.1, 0.15) is 18.1 Å². The van der Waals surface area contributed by atoms with Gasteiger partial charge in [0.05, 0.1) is 11.2 Å². The van der Waals surface area contributed by atoms with Crippen molar-refractivity contribution < 1.29 is 13.9 Å². The van der Waals surface area contributed by atoms with Gasteiger partial charge in [-0.2, -0.15) is 5.10 Å². The average molecular weight is 335 g/mol. The highest BCUT2D eigenvalue weighted by Gasteiger charge is 2.05. The van der Waals surface area contributed by atoms with Crippen LogP contribution in [0.15, 0.2) is 47.6 Å². The van der Waals surface area contributed by atoms with Gasteiger partial charge in [0.1, 0.15) is 11.6 Å². The predicted molar refractivity (Wildman–Crippen MR) is 88.5 cm³/mol. The molecule has 23 heavy (non-hydrogen) atoms. The molecule has 0 spiro atoms. The lowest BCUT2D eigenvalue weighted by molar-refractivity contribution is -0.123. The Labute approximate surface area is 138 Å². The van der Waals surface area contributed by atoms with E-state index >= 15 is 0 Å². The number of rotatable bonds is 6. The summed E-state index contributed by atoms with van der Waals surface area (Å²) < 4.78 is 18.9. The summed E-state index contributed by atoms with van der Waals surface area (Å²) in [6.45, 7) is 1.85. The molecule has 0 atom stereocenters. The summed E-state index contributed by atoms with van der Waals surface area (Å²) in [6.07, 6.45) is 2.05. The summed E-state index contributed by atoms with van der Waals surface area (Å²) in [5, 5.41) is 3.90. The summed E-state index contributed by atoms with van der Waals surface area (Å²) >= 11 is 5.85. The molecule has 0 aliphatic heterocycles. The normalized spacial score (nSPS) is 10.7. The van der Waals surface area contributed by atoms with E-state index in [0.29, 0.717) is 5.75 Å². The van der Waals surface area contributed by atoms with Crippen molar-refractivity contribution in [2.24, 2.45) is 5.10 Å². The monoisotopic (exact) mass is 334 g/mol. The number of benzene rings is 2. The number of hydrogen-bond donors (Lipinski definition) is 1. The lowest BCUT2D eigenvalue weighted by atomic mass is 10.2. The number of carbonyl (C=O) groups is 1. The van der Waals surface area contributed by atoms with E-state index in [1.807, 2.05) is 25.1 Å². The smallest absolute Gasteiger partial charge is 0.277 e. The molecule has 0 radical (unpaired) electrons. The highest BCUT2D eigenvalue weighted by molar-refractivity contribution is 6.33. The van der Waals surface area contributed by atoms with Crippen molar-refractivity contribution in [3.05, 3.63) is 64.4 Å². The van der Waals surface area contributed by atoms with E-state index in [9.17, 15) is 9.18 Å². The molecule has 2 rings (SSSR count). The first-order chi connectivity index (χ1) is 11.1. The van der Waals surface area contributed by atoms with Gasteiger partial charge in [0.2, 0.25) is 0 Å². The molecule has 2 aromatic carbocycles. The van der Waals surface area contributed by atoms with Crippen LogP contribution in [-0.4, -0.2) is 18.7 Å². The Hall–Kier alpha value is -2.40. The highest BCUT2D eigenvalue weighted by Crippen LogP contribution is 2.16. The Morgan fingerprint density at radius 3 is 2.87 bits per heavy atom. The molecule has 0 unspecified atom stereocenters. The molecule has 1 N–H and O–H groups in total. The van der Waals surface area contributed by atoms with Crippen molar-refractivity contribution in [1.29, 1.82) is 0 Å². The minimum atomic E-state index is -0.511. The number of carbonyl (C=O) groups excluding carboxylic acids is 1.